The smallest absolute Gasteiger partial charge is 0.417 e. The summed E-state index contributed by atoms with van der Waals surface area (Å²) in [6.45, 7) is 14.1. The zero-order valence-corrected chi connectivity index (χ0v) is 41.8. The summed E-state index contributed by atoms with van der Waals surface area (Å²) in [5, 5.41) is 15.1. The van der Waals surface area contributed by atoms with Crippen molar-refractivity contribution in [1.29, 1.82) is 5.26 Å². The average Bonchev–Trinajstić information content (AvgIpc) is 4.03. The second-order valence-corrected chi connectivity index (χ2v) is 19.7. The molecule has 6 rings (SSSR count). The Kier molecular flexibility index (Phi) is 17.4. The highest BCUT2D eigenvalue weighted by Gasteiger charge is 2.51. The van der Waals surface area contributed by atoms with Gasteiger partial charge >= 0.3 is 6.18 Å². The highest BCUT2D eigenvalue weighted by molar-refractivity contribution is 7.81. The quantitative estimate of drug-likeness (QED) is 0.0652. The Bertz CT molecular complexity index is 2560. The number of aryl methyl sites for hydroxylation is 1. The van der Waals surface area contributed by atoms with Gasteiger partial charge in [0.25, 0.3) is 5.91 Å². The lowest BCUT2D eigenvalue weighted by molar-refractivity contribution is -0.144. The summed E-state index contributed by atoms with van der Waals surface area (Å²) >= 11 is 7.19. The Balaban J connectivity index is 0.865. The Labute approximate surface area is 415 Å². The Hall–Kier alpha value is -5.98. The number of nitrogens with zero attached hydrogens (tertiary/aromatic N) is 5. The first-order chi connectivity index (χ1) is 33.1. The lowest BCUT2D eigenvalue weighted by Crippen LogP contribution is -2.58. The number of alkyl halides is 3. The van der Waals surface area contributed by atoms with Crippen LogP contribution in [0.5, 0.6) is 5.75 Å². The molecule has 2 fully saturated rings. The third kappa shape index (κ3) is 12.7. The molecular weight excluding hydrogens is 948 g/mol. The first-order valence-corrected chi connectivity index (χ1v) is 24.1. The molecule has 4 amide bonds. The van der Waals surface area contributed by atoms with Gasteiger partial charge in [-0.25, -0.2) is 4.98 Å². The number of ether oxygens (including phenoxy) is 4. The van der Waals surface area contributed by atoms with E-state index in [9.17, 15) is 37.6 Å². The van der Waals surface area contributed by atoms with E-state index in [1.807, 2.05) is 64.4 Å². The lowest BCUT2D eigenvalue weighted by Gasteiger charge is -2.35. The number of thiocarbonyl (C=S) groups is 1. The minimum absolute atomic E-state index is 0.0184. The van der Waals surface area contributed by atoms with Gasteiger partial charge in [-0.15, -0.1) is 11.3 Å². The van der Waals surface area contributed by atoms with E-state index >= 15 is 0 Å². The van der Waals surface area contributed by atoms with Crippen LogP contribution in [0, 0.1) is 23.7 Å². The number of amides is 4. The molecule has 3 aromatic carbocycles. The molecule has 0 bridgehead atoms. The van der Waals surface area contributed by atoms with E-state index in [4.69, 9.17) is 31.2 Å². The van der Waals surface area contributed by atoms with Crippen molar-refractivity contribution in [3.05, 3.63) is 94.6 Å². The minimum Gasteiger partial charge on any atom is -0.491 e. The molecule has 70 heavy (non-hydrogen) atoms. The second-order valence-electron chi connectivity index (χ2n) is 18.5. The zero-order chi connectivity index (χ0) is 51.0. The molecule has 3 heterocycles. The molecule has 2 aliphatic rings. The zero-order valence-electron chi connectivity index (χ0n) is 40.2. The SMILES string of the molecule is Cc1ncsc1-c1ccc([C@H](C)NC(=O)[C@@H]2CCCN2C(=O)C(NC(=O)COCCOCCOCCOc2ccc(N3C(=S)N(c4ccc(C#N)c(C(F)(F)F)c4)C(=O)C3(C)C)cc2)C(C)(C)C)cc1. The molecule has 4 aromatic rings. The second kappa shape index (κ2) is 22.8. The van der Waals surface area contributed by atoms with Crippen LogP contribution >= 0.6 is 23.6 Å². The van der Waals surface area contributed by atoms with Crippen LogP contribution in [0.15, 0.2) is 72.2 Å². The maximum Gasteiger partial charge on any atom is 0.417 e. The van der Waals surface area contributed by atoms with Crippen LogP contribution < -0.4 is 25.2 Å². The summed E-state index contributed by atoms with van der Waals surface area (Å²) in [7, 11) is 0. The number of halogens is 3. The highest BCUT2D eigenvalue weighted by atomic mass is 32.1. The van der Waals surface area contributed by atoms with E-state index < -0.39 is 52.2 Å². The van der Waals surface area contributed by atoms with Crippen molar-refractivity contribution in [2.24, 2.45) is 5.41 Å². The number of hydrogen-bond acceptors (Lipinski definition) is 12. The van der Waals surface area contributed by atoms with Crippen molar-refractivity contribution < 1.29 is 51.3 Å². The monoisotopic (exact) mass is 1010 g/mol. The third-order valence-corrected chi connectivity index (χ3v) is 13.3. The molecule has 20 heteroatoms. The predicted octanol–water partition coefficient (Wildman–Crippen LogP) is 7.75. The first-order valence-electron chi connectivity index (χ1n) is 22.8. The van der Waals surface area contributed by atoms with Crippen molar-refractivity contribution in [3.8, 4) is 22.3 Å². The fourth-order valence-electron chi connectivity index (χ4n) is 8.19. The van der Waals surface area contributed by atoms with Gasteiger partial charge in [0.2, 0.25) is 17.7 Å². The van der Waals surface area contributed by atoms with Crippen LogP contribution in [-0.4, -0.2) is 109 Å². The fraction of sp³-hybridized carbons (Fsp3) is 0.460. The maximum atomic E-state index is 14.0. The summed E-state index contributed by atoms with van der Waals surface area (Å²) in [4.78, 5) is 63.7. The van der Waals surface area contributed by atoms with E-state index in [1.54, 1.807) is 65.3 Å². The number of anilines is 2. The van der Waals surface area contributed by atoms with Gasteiger partial charge in [0, 0.05) is 12.2 Å². The number of hydrogen-bond donors (Lipinski definition) is 2. The molecule has 0 spiro atoms. The average molecular weight is 1010 g/mol. The van der Waals surface area contributed by atoms with Crippen LogP contribution in [-0.2, 0) is 39.6 Å². The van der Waals surface area contributed by atoms with Crippen molar-refractivity contribution in [3.63, 3.8) is 0 Å². The summed E-state index contributed by atoms with van der Waals surface area (Å²) in [5.74, 6) is -1.05. The normalized spacial score (nSPS) is 16.8. The van der Waals surface area contributed by atoms with Gasteiger partial charge in [-0.05, 0) is 112 Å². The van der Waals surface area contributed by atoms with Crippen LogP contribution in [0.2, 0.25) is 0 Å². The van der Waals surface area contributed by atoms with Crippen LogP contribution in [0.3, 0.4) is 0 Å². The number of benzene rings is 3. The molecule has 15 nitrogen and oxygen atoms in total. The Morgan fingerprint density at radius 3 is 2.16 bits per heavy atom. The summed E-state index contributed by atoms with van der Waals surface area (Å²) in [6.07, 6.45) is -3.62. The Morgan fingerprint density at radius 1 is 0.929 bits per heavy atom. The predicted molar refractivity (Wildman–Crippen MR) is 262 cm³/mol. The number of rotatable bonds is 20. The van der Waals surface area contributed by atoms with Gasteiger partial charge < -0.3 is 39.4 Å². The molecule has 3 atom stereocenters. The standard InChI is InChI=1S/C50H58F3N7O8S2/c1-31(33-10-12-34(13-11-33)42-32(2)55-30-70-42)56-44(62)40-9-8-20-58(40)45(63)43(48(3,4)5)57-41(61)29-67-24-23-65-21-22-66-25-26-68-38-18-16-36(17-19-38)60-47(69)59(46(64)49(60,6)7)37-15-14-35(28-54)39(27-37)50(51,52)53/h10-19,27,30-31,40,43H,8-9,20-26,29H2,1-7H3,(H,56,62)(H,57,61)/t31-,40-,43?/m0/s1. The number of thiazole rings is 1. The van der Waals surface area contributed by atoms with E-state index in [-0.39, 0.29) is 74.9 Å². The summed E-state index contributed by atoms with van der Waals surface area (Å²) in [5.41, 5.74) is 1.60. The topological polar surface area (TPSA) is 176 Å². The van der Waals surface area contributed by atoms with Gasteiger partial charge in [-0.1, -0.05) is 45.0 Å². The number of likely N-dealkylation sites (tertiary alicyclic amines) is 1. The maximum absolute atomic E-state index is 14.0. The molecule has 374 valence electrons. The van der Waals surface area contributed by atoms with Crippen LogP contribution in [0.25, 0.3) is 10.4 Å². The van der Waals surface area contributed by atoms with Crippen LogP contribution in [0.1, 0.15) is 82.8 Å². The highest BCUT2D eigenvalue weighted by Crippen LogP contribution is 2.40. The van der Waals surface area contributed by atoms with Crippen molar-refractivity contribution in [1.82, 2.24) is 20.5 Å². The van der Waals surface area contributed by atoms with E-state index in [1.165, 1.54) is 6.07 Å². The number of carbonyl (C=O) groups is 4. The molecule has 1 aromatic heterocycles. The summed E-state index contributed by atoms with van der Waals surface area (Å²) < 4.78 is 63.6. The van der Waals surface area contributed by atoms with Gasteiger partial charge in [0.15, 0.2) is 5.11 Å². The van der Waals surface area contributed by atoms with E-state index in [0.717, 1.165) is 38.7 Å². The van der Waals surface area contributed by atoms with Gasteiger partial charge in [0.1, 0.15) is 36.6 Å². The van der Waals surface area contributed by atoms with Crippen molar-refractivity contribution in [2.45, 2.75) is 91.1 Å². The minimum atomic E-state index is -4.81. The van der Waals surface area contributed by atoms with E-state index in [0.29, 0.717) is 30.8 Å². The summed E-state index contributed by atoms with van der Waals surface area (Å²) in [6, 6.07) is 17.5. The molecule has 2 aliphatic heterocycles. The molecular formula is C50H58F3N7O8S2. The third-order valence-electron chi connectivity index (χ3n) is 12.0. The molecule has 2 saturated heterocycles. The van der Waals surface area contributed by atoms with Gasteiger partial charge in [-0.3, -0.25) is 24.1 Å². The molecule has 2 N–H and O–H groups in total. The molecule has 1 unspecified atom stereocenters. The number of nitrogens with one attached hydrogen (secondary N) is 2. The lowest BCUT2D eigenvalue weighted by atomic mass is 9.85. The first kappa shape index (κ1) is 53.4. The van der Waals surface area contributed by atoms with Crippen molar-refractivity contribution >= 4 is 63.7 Å². The molecule has 0 radical (unpaired) electrons. The fourth-order valence-corrected chi connectivity index (χ4v) is 9.52. The largest absolute Gasteiger partial charge is 0.491 e. The number of nitriles is 1. The number of aromatic nitrogens is 1. The van der Waals surface area contributed by atoms with Crippen molar-refractivity contribution in [2.75, 3.05) is 62.6 Å². The number of carbonyl (C=O) groups excluding carboxylic acids is 4. The Morgan fingerprint density at radius 2 is 1.56 bits per heavy atom. The van der Waals surface area contributed by atoms with Gasteiger partial charge in [0.05, 0.1) is 78.0 Å². The molecule has 0 aliphatic carbocycles. The molecule has 0 saturated carbocycles. The van der Waals surface area contributed by atoms with Gasteiger partial charge in [-0.2, -0.15) is 18.4 Å². The van der Waals surface area contributed by atoms with Crippen LogP contribution in [0.4, 0.5) is 24.5 Å². The van der Waals surface area contributed by atoms with E-state index in [2.05, 4.69) is 15.6 Å².